The van der Waals surface area contributed by atoms with Crippen molar-refractivity contribution in [1.29, 1.82) is 0 Å². The lowest BCUT2D eigenvalue weighted by atomic mass is 9.89. The summed E-state index contributed by atoms with van der Waals surface area (Å²) in [5.74, 6) is -1.51. The fourth-order valence-corrected chi connectivity index (χ4v) is 3.63. The standard InChI is InChI=1S/C23H43N3O4/c1-11-23(12-2,25-16(7)8)22(30)24-19(15(5)6)20(27)26(10)18(14(3)4)13-17(9)21(28)29/h13-16,18-19,25H,11-12H2,1-10H3,(H,24,30)(H,28,29)/t18-,19+/m1/s1. The van der Waals surface area contributed by atoms with E-state index in [1.165, 1.54) is 6.92 Å². The third kappa shape index (κ3) is 7.42. The van der Waals surface area contributed by atoms with Crippen LogP contribution in [0, 0.1) is 11.8 Å². The van der Waals surface area contributed by atoms with E-state index in [0.717, 1.165) is 0 Å². The van der Waals surface area contributed by atoms with E-state index in [1.54, 1.807) is 18.0 Å². The quantitative estimate of drug-likeness (QED) is 0.417. The first-order valence-electron chi connectivity index (χ1n) is 11.0. The molecule has 0 aromatic rings. The first-order chi connectivity index (χ1) is 13.7. The number of carboxylic acids is 1. The van der Waals surface area contributed by atoms with Crippen molar-refractivity contribution in [3.63, 3.8) is 0 Å². The van der Waals surface area contributed by atoms with Gasteiger partial charge in [-0.25, -0.2) is 4.79 Å². The first kappa shape index (κ1) is 28.1. The van der Waals surface area contributed by atoms with Gasteiger partial charge in [0.2, 0.25) is 11.8 Å². The second kappa shape index (κ2) is 12.1. The van der Waals surface area contributed by atoms with E-state index in [1.807, 2.05) is 55.4 Å². The maximum Gasteiger partial charge on any atom is 0.331 e. The third-order valence-electron chi connectivity index (χ3n) is 5.66. The molecular weight excluding hydrogens is 382 g/mol. The Balaban J connectivity index is 5.83. The van der Waals surface area contributed by atoms with E-state index in [9.17, 15) is 19.5 Å². The van der Waals surface area contributed by atoms with Crippen molar-refractivity contribution in [2.45, 2.75) is 98.8 Å². The van der Waals surface area contributed by atoms with Gasteiger partial charge in [0.15, 0.2) is 0 Å². The molecule has 0 rings (SSSR count). The highest BCUT2D eigenvalue weighted by molar-refractivity contribution is 5.92. The lowest BCUT2D eigenvalue weighted by Gasteiger charge is -2.38. The molecule has 0 spiro atoms. The van der Waals surface area contributed by atoms with Crippen LogP contribution in [-0.4, -0.2) is 58.5 Å². The molecule has 30 heavy (non-hydrogen) atoms. The Kier molecular flexibility index (Phi) is 11.3. The predicted molar refractivity (Wildman–Crippen MR) is 121 cm³/mol. The van der Waals surface area contributed by atoms with Gasteiger partial charge in [0.1, 0.15) is 6.04 Å². The Morgan fingerprint density at radius 1 is 1.00 bits per heavy atom. The van der Waals surface area contributed by atoms with Crippen LogP contribution in [-0.2, 0) is 14.4 Å². The van der Waals surface area contributed by atoms with Crippen molar-refractivity contribution in [3.8, 4) is 0 Å². The van der Waals surface area contributed by atoms with Gasteiger partial charge < -0.3 is 20.6 Å². The normalized spacial score (nSPS) is 14.8. The molecule has 0 aromatic heterocycles. The molecule has 174 valence electrons. The van der Waals surface area contributed by atoms with Gasteiger partial charge in [-0.15, -0.1) is 0 Å². The van der Waals surface area contributed by atoms with Crippen molar-refractivity contribution in [1.82, 2.24) is 15.5 Å². The molecule has 0 saturated carbocycles. The molecule has 0 aliphatic rings. The smallest absolute Gasteiger partial charge is 0.331 e. The molecule has 3 N–H and O–H groups in total. The number of rotatable bonds is 12. The Labute approximate surface area is 182 Å². The molecule has 0 radical (unpaired) electrons. The molecule has 0 saturated heterocycles. The summed E-state index contributed by atoms with van der Waals surface area (Å²) in [7, 11) is 1.67. The summed E-state index contributed by atoms with van der Waals surface area (Å²) >= 11 is 0. The number of nitrogens with zero attached hydrogens (tertiary/aromatic N) is 1. The minimum Gasteiger partial charge on any atom is -0.478 e. The van der Waals surface area contributed by atoms with Gasteiger partial charge in [0.05, 0.1) is 11.6 Å². The van der Waals surface area contributed by atoms with Gasteiger partial charge in [0, 0.05) is 18.7 Å². The van der Waals surface area contributed by atoms with Crippen LogP contribution in [0.25, 0.3) is 0 Å². The van der Waals surface area contributed by atoms with Crippen LogP contribution in [0.15, 0.2) is 11.6 Å². The molecule has 0 aliphatic carbocycles. The maximum atomic E-state index is 13.4. The zero-order valence-electron chi connectivity index (χ0n) is 20.5. The van der Waals surface area contributed by atoms with Crippen molar-refractivity contribution in [2.75, 3.05) is 7.05 Å². The number of hydrogen-bond acceptors (Lipinski definition) is 4. The summed E-state index contributed by atoms with van der Waals surface area (Å²) in [4.78, 5) is 39.4. The maximum absolute atomic E-state index is 13.4. The molecule has 0 aliphatic heterocycles. The lowest BCUT2D eigenvalue weighted by molar-refractivity contribution is -0.140. The second-order valence-corrected chi connectivity index (χ2v) is 9.12. The van der Waals surface area contributed by atoms with Crippen molar-refractivity contribution in [2.24, 2.45) is 11.8 Å². The molecule has 2 amide bonds. The van der Waals surface area contributed by atoms with Gasteiger partial charge in [-0.3, -0.25) is 9.59 Å². The zero-order valence-corrected chi connectivity index (χ0v) is 20.5. The molecule has 0 bridgehead atoms. The number of amides is 2. The van der Waals surface area contributed by atoms with Crippen molar-refractivity contribution < 1.29 is 19.5 Å². The molecule has 0 fully saturated rings. The van der Waals surface area contributed by atoms with E-state index in [4.69, 9.17) is 0 Å². The number of hydrogen-bond donors (Lipinski definition) is 3. The van der Waals surface area contributed by atoms with Crippen molar-refractivity contribution in [3.05, 3.63) is 11.6 Å². The molecule has 0 heterocycles. The highest BCUT2D eigenvalue weighted by Crippen LogP contribution is 2.20. The Morgan fingerprint density at radius 3 is 1.83 bits per heavy atom. The van der Waals surface area contributed by atoms with E-state index in [2.05, 4.69) is 10.6 Å². The van der Waals surface area contributed by atoms with Crippen LogP contribution in [0.5, 0.6) is 0 Å². The Morgan fingerprint density at radius 2 is 1.50 bits per heavy atom. The largest absolute Gasteiger partial charge is 0.478 e. The minimum absolute atomic E-state index is 0.0183. The number of carbonyl (C=O) groups excluding carboxylic acids is 2. The highest BCUT2D eigenvalue weighted by atomic mass is 16.4. The molecule has 2 atom stereocenters. The zero-order chi connectivity index (χ0) is 23.8. The number of carboxylic acid groups (broad SMARTS) is 1. The number of carbonyl (C=O) groups is 3. The summed E-state index contributed by atoms with van der Waals surface area (Å²) in [6.45, 7) is 17.1. The van der Waals surface area contributed by atoms with Crippen LogP contribution < -0.4 is 10.6 Å². The fourth-order valence-electron chi connectivity index (χ4n) is 3.63. The molecular formula is C23H43N3O4. The summed E-state index contributed by atoms with van der Waals surface area (Å²) in [6, 6.07) is -0.961. The van der Waals surface area contributed by atoms with E-state index < -0.39 is 17.6 Å². The predicted octanol–water partition coefficient (Wildman–Crippen LogP) is 3.20. The van der Waals surface area contributed by atoms with Gasteiger partial charge in [-0.05, 0) is 45.4 Å². The number of aliphatic carboxylic acids is 1. The van der Waals surface area contributed by atoms with Gasteiger partial charge in [-0.1, -0.05) is 47.6 Å². The average molecular weight is 426 g/mol. The average Bonchev–Trinajstić information content (AvgIpc) is 2.65. The SMILES string of the molecule is CCC(CC)(NC(C)C)C(=O)N[C@H](C(=O)N(C)[C@H](C=C(C)C(=O)O)C(C)C)C(C)C. The summed E-state index contributed by atoms with van der Waals surface area (Å²) < 4.78 is 0. The van der Waals surface area contributed by atoms with Crippen LogP contribution in [0.2, 0.25) is 0 Å². The molecule has 7 nitrogen and oxygen atoms in total. The third-order valence-corrected chi connectivity index (χ3v) is 5.66. The summed E-state index contributed by atoms with van der Waals surface area (Å²) in [6.07, 6.45) is 2.82. The minimum atomic E-state index is -1.01. The number of likely N-dealkylation sites (N-methyl/N-ethyl adjacent to an activating group) is 1. The van der Waals surface area contributed by atoms with E-state index in [0.29, 0.717) is 12.8 Å². The Bertz CT molecular complexity index is 622. The van der Waals surface area contributed by atoms with Crippen molar-refractivity contribution >= 4 is 17.8 Å². The topological polar surface area (TPSA) is 98.7 Å². The highest BCUT2D eigenvalue weighted by Gasteiger charge is 2.39. The summed E-state index contributed by atoms with van der Waals surface area (Å²) in [5.41, 5.74) is -0.548. The molecule has 0 aromatic carbocycles. The van der Waals surface area contributed by atoms with Crippen LogP contribution >= 0.6 is 0 Å². The second-order valence-electron chi connectivity index (χ2n) is 9.12. The fraction of sp³-hybridized carbons (Fsp3) is 0.783. The number of nitrogens with one attached hydrogen (secondary N) is 2. The van der Waals surface area contributed by atoms with E-state index >= 15 is 0 Å². The van der Waals surface area contributed by atoms with Gasteiger partial charge in [-0.2, -0.15) is 0 Å². The van der Waals surface area contributed by atoms with Crippen LogP contribution in [0.3, 0.4) is 0 Å². The molecule has 7 heteroatoms. The first-order valence-corrected chi connectivity index (χ1v) is 11.0. The van der Waals surface area contributed by atoms with E-state index in [-0.39, 0.29) is 41.3 Å². The van der Waals surface area contributed by atoms with Gasteiger partial charge in [0.25, 0.3) is 0 Å². The molecule has 0 unspecified atom stereocenters. The van der Waals surface area contributed by atoms with Gasteiger partial charge >= 0.3 is 5.97 Å². The lowest BCUT2D eigenvalue weighted by Crippen LogP contribution is -2.63. The monoisotopic (exact) mass is 425 g/mol. The van der Waals surface area contributed by atoms with Crippen LogP contribution in [0.4, 0.5) is 0 Å². The Hall–Kier alpha value is -1.89. The van der Waals surface area contributed by atoms with Crippen LogP contribution in [0.1, 0.15) is 75.2 Å². The summed E-state index contributed by atoms with van der Waals surface area (Å²) in [5, 5.41) is 15.6.